The molecule has 1 aromatic heterocycles. The van der Waals surface area contributed by atoms with E-state index in [9.17, 15) is 0 Å². The number of rotatable bonds is 9. The van der Waals surface area contributed by atoms with Gasteiger partial charge in [0.1, 0.15) is 6.10 Å². The Morgan fingerprint density at radius 2 is 2.14 bits per heavy atom. The molecule has 0 saturated carbocycles. The summed E-state index contributed by atoms with van der Waals surface area (Å²) in [6.45, 7) is 10.3. The second-order valence-electron chi connectivity index (χ2n) is 5.08. The van der Waals surface area contributed by atoms with Gasteiger partial charge in [-0.15, -0.1) is 0 Å². The van der Waals surface area contributed by atoms with E-state index in [0.29, 0.717) is 12.5 Å². The van der Waals surface area contributed by atoms with Crippen molar-refractivity contribution in [3.8, 4) is 5.88 Å². The number of hydrogen-bond donors (Lipinski definition) is 0. The molecular formula is C16H27N3O2. The van der Waals surface area contributed by atoms with E-state index in [1.54, 1.807) is 0 Å². The summed E-state index contributed by atoms with van der Waals surface area (Å²) in [7, 11) is 1.99. The molecule has 0 aliphatic carbocycles. The summed E-state index contributed by atoms with van der Waals surface area (Å²) in [6.07, 6.45) is 2.82. The first-order valence-corrected chi connectivity index (χ1v) is 7.53. The number of aliphatic imine (C=N–C) groups is 1. The fourth-order valence-corrected chi connectivity index (χ4v) is 1.61. The maximum absolute atomic E-state index is 5.75. The lowest BCUT2D eigenvalue weighted by Gasteiger charge is -2.14. The predicted molar refractivity (Wildman–Crippen MR) is 86.6 cm³/mol. The van der Waals surface area contributed by atoms with Crippen molar-refractivity contribution < 1.29 is 9.47 Å². The zero-order valence-corrected chi connectivity index (χ0v) is 13.8. The molecule has 21 heavy (non-hydrogen) atoms. The Kier molecular flexibility index (Phi) is 7.75. The van der Waals surface area contributed by atoms with E-state index in [1.165, 1.54) is 0 Å². The average molecular weight is 293 g/mol. The van der Waals surface area contributed by atoms with Crippen LogP contribution >= 0.6 is 0 Å². The van der Waals surface area contributed by atoms with Crippen LogP contribution in [0.25, 0.3) is 0 Å². The molecule has 0 spiro atoms. The summed E-state index contributed by atoms with van der Waals surface area (Å²) in [6, 6.07) is 3.78. The number of ether oxygens (including phenoxy) is 2. The molecule has 118 valence electrons. The van der Waals surface area contributed by atoms with Gasteiger partial charge >= 0.3 is 0 Å². The van der Waals surface area contributed by atoms with Gasteiger partial charge in [0.2, 0.25) is 5.88 Å². The van der Waals surface area contributed by atoms with Crippen LogP contribution in [-0.2, 0) is 4.74 Å². The van der Waals surface area contributed by atoms with E-state index in [4.69, 9.17) is 9.47 Å². The number of hydrogen-bond acceptors (Lipinski definition) is 4. The molecule has 0 aromatic carbocycles. The Bertz CT molecular complexity index is 449. The quantitative estimate of drug-likeness (QED) is 0.398. The highest BCUT2D eigenvalue weighted by molar-refractivity contribution is 5.62. The Morgan fingerprint density at radius 1 is 1.38 bits per heavy atom. The van der Waals surface area contributed by atoms with Gasteiger partial charge in [-0.05, 0) is 33.3 Å². The van der Waals surface area contributed by atoms with Crippen LogP contribution in [0.4, 0.5) is 5.69 Å². The molecule has 0 aliphatic heterocycles. The molecule has 5 heteroatoms. The molecule has 0 N–H and O–H groups in total. The second-order valence-corrected chi connectivity index (χ2v) is 5.08. The molecule has 0 amide bonds. The third kappa shape index (κ3) is 6.58. The number of aromatic nitrogens is 1. The van der Waals surface area contributed by atoms with Gasteiger partial charge < -0.3 is 14.4 Å². The molecule has 0 fully saturated rings. The average Bonchev–Trinajstić information content (AvgIpc) is 2.46. The second kappa shape index (κ2) is 9.34. The van der Waals surface area contributed by atoms with Crippen molar-refractivity contribution in [2.75, 3.05) is 26.8 Å². The first kappa shape index (κ1) is 17.4. The Hall–Kier alpha value is -1.62. The summed E-state index contributed by atoms with van der Waals surface area (Å²) in [5.41, 5.74) is 1.72. The molecule has 5 nitrogen and oxygen atoms in total. The van der Waals surface area contributed by atoms with Crippen LogP contribution in [0.5, 0.6) is 5.88 Å². The molecule has 0 bridgehead atoms. The van der Waals surface area contributed by atoms with Crippen molar-refractivity contribution >= 4 is 12.0 Å². The standard InChI is InChI=1S/C16H27N3O2/c1-6-10-20-11-13(3)21-16-9-8-15(14(4)18-16)17-12-19(5)7-2/h8-9,12-13H,6-7,10-11H2,1-5H3/b17-12+. The van der Waals surface area contributed by atoms with Crippen LogP contribution in [0.2, 0.25) is 0 Å². The van der Waals surface area contributed by atoms with Gasteiger partial charge in [-0.2, -0.15) is 0 Å². The van der Waals surface area contributed by atoms with E-state index in [0.717, 1.165) is 31.0 Å². The first-order chi connectivity index (χ1) is 10.1. The molecule has 1 heterocycles. The van der Waals surface area contributed by atoms with Crippen molar-refractivity contribution in [3.63, 3.8) is 0 Å². The summed E-state index contributed by atoms with van der Waals surface area (Å²) in [4.78, 5) is 10.9. The van der Waals surface area contributed by atoms with E-state index in [-0.39, 0.29) is 6.10 Å². The van der Waals surface area contributed by atoms with Crippen LogP contribution in [-0.4, -0.2) is 49.1 Å². The number of pyridine rings is 1. The van der Waals surface area contributed by atoms with Crippen molar-refractivity contribution in [3.05, 3.63) is 17.8 Å². The smallest absolute Gasteiger partial charge is 0.213 e. The predicted octanol–water partition coefficient (Wildman–Crippen LogP) is 3.20. The van der Waals surface area contributed by atoms with Crippen molar-refractivity contribution in [2.45, 2.75) is 40.2 Å². The zero-order chi connectivity index (χ0) is 15.7. The van der Waals surface area contributed by atoms with Crippen molar-refractivity contribution in [1.82, 2.24) is 9.88 Å². The minimum absolute atomic E-state index is 0.0102. The Labute approximate surface area is 128 Å². The first-order valence-electron chi connectivity index (χ1n) is 7.53. The summed E-state index contributed by atoms with van der Waals surface area (Å²) in [5.74, 6) is 0.614. The Morgan fingerprint density at radius 3 is 2.76 bits per heavy atom. The number of aryl methyl sites for hydroxylation is 1. The van der Waals surface area contributed by atoms with Crippen molar-refractivity contribution in [1.29, 1.82) is 0 Å². The maximum Gasteiger partial charge on any atom is 0.213 e. The van der Waals surface area contributed by atoms with Crippen LogP contribution < -0.4 is 4.74 Å². The van der Waals surface area contributed by atoms with E-state index >= 15 is 0 Å². The van der Waals surface area contributed by atoms with Crippen LogP contribution in [0.1, 0.15) is 32.9 Å². The van der Waals surface area contributed by atoms with Gasteiger partial charge in [0.05, 0.1) is 24.3 Å². The minimum Gasteiger partial charge on any atom is -0.472 e. The summed E-state index contributed by atoms with van der Waals surface area (Å²) in [5, 5.41) is 0. The van der Waals surface area contributed by atoms with Gasteiger partial charge in [0, 0.05) is 26.3 Å². The fourth-order valence-electron chi connectivity index (χ4n) is 1.61. The minimum atomic E-state index is -0.0102. The van der Waals surface area contributed by atoms with E-state index in [1.807, 2.05) is 44.3 Å². The molecule has 0 aliphatic rings. The highest BCUT2D eigenvalue weighted by Crippen LogP contribution is 2.20. The van der Waals surface area contributed by atoms with Gasteiger partial charge in [-0.1, -0.05) is 6.92 Å². The molecule has 0 saturated heterocycles. The number of nitrogens with zero attached hydrogens (tertiary/aromatic N) is 3. The highest BCUT2D eigenvalue weighted by atomic mass is 16.5. The third-order valence-corrected chi connectivity index (χ3v) is 2.95. The topological polar surface area (TPSA) is 47.0 Å². The summed E-state index contributed by atoms with van der Waals surface area (Å²) >= 11 is 0. The van der Waals surface area contributed by atoms with Gasteiger partial charge in [0.25, 0.3) is 0 Å². The molecule has 0 radical (unpaired) electrons. The lowest BCUT2D eigenvalue weighted by atomic mass is 10.3. The van der Waals surface area contributed by atoms with Crippen LogP contribution in [0.15, 0.2) is 17.1 Å². The van der Waals surface area contributed by atoms with E-state index < -0.39 is 0 Å². The zero-order valence-electron chi connectivity index (χ0n) is 13.8. The maximum atomic E-state index is 5.75. The molecule has 1 rings (SSSR count). The normalized spacial score (nSPS) is 12.6. The Balaban J connectivity index is 2.59. The van der Waals surface area contributed by atoms with E-state index in [2.05, 4.69) is 23.8 Å². The van der Waals surface area contributed by atoms with Crippen molar-refractivity contribution in [2.24, 2.45) is 4.99 Å². The monoisotopic (exact) mass is 293 g/mol. The van der Waals surface area contributed by atoms with Gasteiger partial charge in [-0.3, -0.25) is 0 Å². The molecule has 1 atom stereocenters. The lowest BCUT2D eigenvalue weighted by Crippen LogP contribution is -2.20. The van der Waals surface area contributed by atoms with Crippen LogP contribution in [0.3, 0.4) is 0 Å². The fraction of sp³-hybridized carbons (Fsp3) is 0.625. The SMILES string of the molecule is CCCOCC(C)Oc1ccc(/N=C/N(C)CC)c(C)n1. The highest BCUT2D eigenvalue weighted by Gasteiger charge is 2.07. The van der Waals surface area contributed by atoms with Gasteiger partial charge in [-0.25, -0.2) is 9.98 Å². The molecule has 1 aromatic rings. The van der Waals surface area contributed by atoms with Crippen LogP contribution in [0, 0.1) is 6.92 Å². The third-order valence-electron chi connectivity index (χ3n) is 2.95. The molecular weight excluding hydrogens is 266 g/mol. The summed E-state index contributed by atoms with van der Waals surface area (Å²) < 4.78 is 11.2. The largest absolute Gasteiger partial charge is 0.472 e. The molecule has 1 unspecified atom stereocenters. The lowest BCUT2D eigenvalue weighted by molar-refractivity contribution is 0.0567. The van der Waals surface area contributed by atoms with Gasteiger partial charge in [0.15, 0.2) is 0 Å².